The first-order chi connectivity index (χ1) is 9.17. The average Bonchev–Trinajstić information content (AvgIpc) is 2.97. The third-order valence-corrected chi connectivity index (χ3v) is 3.28. The zero-order valence-corrected chi connectivity index (χ0v) is 10.6. The topological polar surface area (TPSA) is 53.1 Å². The molecule has 98 valence electrons. The number of aromatic nitrogens is 1. The normalized spacial score (nSPS) is 14.0. The molecule has 19 heavy (non-hydrogen) atoms. The second kappa shape index (κ2) is 4.50. The number of rotatable bonds is 3. The summed E-state index contributed by atoms with van der Waals surface area (Å²) in [7, 11) is 0. The lowest BCUT2D eigenvalue weighted by Crippen LogP contribution is -2.23. The highest BCUT2D eigenvalue weighted by atomic mass is 19.1. The van der Waals surface area contributed by atoms with Crippen molar-refractivity contribution >= 4 is 5.84 Å². The number of oxazole rings is 1. The minimum Gasteiger partial charge on any atom is -0.444 e. The molecular weight excluding hydrogens is 245 g/mol. The lowest BCUT2D eigenvalue weighted by atomic mass is 10.1. The molecular formula is C14H14FN3O. The first kappa shape index (κ1) is 11.9. The zero-order chi connectivity index (χ0) is 13.4. The Hall–Kier alpha value is -2.17. The van der Waals surface area contributed by atoms with Crippen LogP contribution in [0.3, 0.4) is 0 Å². The van der Waals surface area contributed by atoms with E-state index in [0.717, 1.165) is 17.7 Å². The van der Waals surface area contributed by atoms with Crippen molar-refractivity contribution in [3.05, 3.63) is 53.0 Å². The quantitative estimate of drug-likeness (QED) is 0.922. The molecule has 1 aliphatic heterocycles. The Bertz CT molecular complexity index is 635. The largest absolute Gasteiger partial charge is 0.444 e. The highest BCUT2D eigenvalue weighted by Gasteiger charge is 2.25. The number of aryl methyl sites for hydroxylation is 1. The number of hydrogen-bond donors (Lipinski definition) is 1. The number of halogens is 1. The van der Waals surface area contributed by atoms with Crippen molar-refractivity contribution in [2.75, 3.05) is 0 Å². The second-order valence-corrected chi connectivity index (χ2v) is 4.58. The van der Waals surface area contributed by atoms with Gasteiger partial charge in [-0.15, -0.1) is 0 Å². The molecule has 0 radical (unpaired) electrons. The smallest absolute Gasteiger partial charge is 0.213 e. The molecule has 0 unspecified atom stereocenters. The summed E-state index contributed by atoms with van der Waals surface area (Å²) in [5.41, 5.74) is 1.62. The molecule has 0 amide bonds. The van der Waals surface area contributed by atoms with Gasteiger partial charge in [-0.25, -0.2) is 9.37 Å². The lowest BCUT2D eigenvalue weighted by Gasteiger charge is -2.15. The highest BCUT2D eigenvalue weighted by molar-refractivity contribution is 6.00. The molecule has 1 aromatic carbocycles. The van der Waals surface area contributed by atoms with Crippen LogP contribution in [0.4, 0.5) is 4.39 Å². The number of fused-ring (bicyclic) bond motifs is 1. The van der Waals surface area contributed by atoms with E-state index in [1.807, 2.05) is 11.8 Å². The highest BCUT2D eigenvalue weighted by Crippen LogP contribution is 2.25. The van der Waals surface area contributed by atoms with E-state index < -0.39 is 0 Å². The van der Waals surface area contributed by atoms with Gasteiger partial charge < -0.3 is 9.32 Å². The van der Waals surface area contributed by atoms with Gasteiger partial charge in [-0.2, -0.15) is 0 Å². The maximum absolute atomic E-state index is 13.2. The fourth-order valence-electron chi connectivity index (χ4n) is 2.24. The Balaban J connectivity index is 1.80. The predicted octanol–water partition coefficient (Wildman–Crippen LogP) is 2.72. The molecule has 1 aliphatic rings. The van der Waals surface area contributed by atoms with Gasteiger partial charge in [0.1, 0.15) is 17.4 Å². The van der Waals surface area contributed by atoms with Crippen LogP contribution < -0.4 is 0 Å². The van der Waals surface area contributed by atoms with E-state index in [1.54, 1.807) is 12.3 Å². The van der Waals surface area contributed by atoms with Crippen molar-refractivity contribution in [3.63, 3.8) is 0 Å². The minimum atomic E-state index is -0.310. The molecule has 1 N–H and O–H groups in total. The number of benzene rings is 1. The van der Waals surface area contributed by atoms with Crippen molar-refractivity contribution in [2.24, 2.45) is 0 Å². The zero-order valence-electron chi connectivity index (χ0n) is 10.6. The van der Waals surface area contributed by atoms with E-state index in [-0.39, 0.29) is 5.82 Å². The van der Waals surface area contributed by atoms with Crippen LogP contribution in [0.1, 0.15) is 29.7 Å². The average molecular weight is 259 g/mol. The Kier molecular flexibility index (Phi) is 2.81. The molecule has 0 atom stereocenters. The SMILES string of the molecule is CCc1cnc(CN2Cc3ccc(F)cc3C2=N)o1. The fraction of sp³-hybridized carbons (Fsp3) is 0.286. The molecule has 0 saturated carbocycles. The third-order valence-electron chi connectivity index (χ3n) is 3.28. The third kappa shape index (κ3) is 2.12. The number of hydrogen-bond acceptors (Lipinski definition) is 3. The van der Waals surface area contributed by atoms with E-state index in [2.05, 4.69) is 4.98 Å². The van der Waals surface area contributed by atoms with Gasteiger partial charge in [-0.05, 0) is 17.7 Å². The minimum absolute atomic E-state index is 0.310. The van der Waals surface area contributed by atoms with Crippen molar-refractivity contribution in [1.29, 1.82) is 5.41 Å². The standard InChI is InChI=1S/C14H14FN3O/c1-2-11-6-17-13(19-11)8-18-7-9-3-4-10(15)5-12(9)14(18)16/h3-6,16H,2,7-8H2,1H3. The Labute approximate surface area is 110 Å². The van der Waals surface area contributed by atoms with E-state index in [4.69, 9.17) is 9.83 Å². The van der Waals surface area contributed by atoms with Crippen molar-refractivity contribution in [2.45, 2.75) is 26.4 Å². The summed E-state index contributed by atoms with van der Waals surface area (Å²) in [6, 6.07) is 4.56. The second-order valence-electron chi connectivity index (χ2n) is 4.58. The summed E-state index contributed by atoms with van der Waals surface area (Å²) in [5.74, 6) is 1.44. The summed E-state index contributed by atoms with van der Waals surface area (Å²) in [6.45, 7) is 3.04. The Morgan fingerprint density at radius 3 is 3.05 bits per heavy atom. The van der Waals surface area contributed by atoms with Gasteiger partial charge in [0.15, 0.2) is 0 Å². The monoisotopic (exact) mass is 259 g/mol. The molecule has 2 aromatic rings. The molecule has 0 saturated heterocycles. The van der Waals surface area contributed by atoms with Crippen molar-refractivity contribution in [1.82, 2.24) is 9.88 Å². The number of nitrogens with zero attached hydrogens (tertiary/aromatic N) is 2. The number of amidine groups is 1. The maximum Gasteiger partial charge on any atom is 0.213 e. The molecule has 0 fully saturated rings. The maximum atomic E-state index is 13.2. The fourth-order valence-corrected chi connectivity index (χ4v) is 2.24. The van der Waals surface area contributed by atoms with Crippen LogP contribution in [0, 0.1) is 11.2 Å². The summed E-state index contributed by atoms with van der Waals surface area (Å²) in [5, 5.41) is 8.08. The van der Waals surface area contributed by atoms with Crippen LogP contribution in [-0.2, 0) is 19.5 Å². The van der Waals surface area contributed by atoms with Gasteiger partial charge in [0, 0.05) is 18.5 Å². The Morgan fingerprint density at radius 2 is 2.32 bits per heavy atom. The molecule has 0 spiro atoms. The van der Waals surface area contributed by atoms with Crippen LogP contribution in [0.2, 0.25) is 0 Å². The van der Waals surface area contributed by atoms with Crippen LogP contribution >= 0.6 is 0 Å². The van der Waals surface area contributed by atoms with Gasteiger partial charge in [0.05, 0.1) is 12.7 Å². The van der Waals surface area contributed by atoms with Crippen molar-refractivity contribution < 1.29 is 8.81 Å². The summed E-state index contributed by atoms with van der Waals surface area (Å²) in [4.78, 5) is 6.01. The van der Waals surface area contributed by atoms with Crippen LogP contribution in [0.15, 0.2) is 28.8 Å². The lowest BCUT2D eigenvalue weighted by molar-refractivity contribution is 0.347. The molecule has 4 nitrogen and oxygen atoms in total. The summed E-state index contributed by atoms with van der Waals surface area (Å²) >= 11 is 0. The summed E-state index contributed by atoms with van der Waals surface area (Å²) < 4.78 is 18.7. The van der Waals surface area contributed by atoms with Gasteiger partial charge in [-0.1, -0.05) is 13.0 Å². The molecule has 0 aliphatic carbocycles. The predicted molar refractivity (Wildman–Crippen MR) is 68.4 cm³/mol. The Morgan fingerprint density at radius 1 is 1.47 bits per heavy atom. The molecule has 1 aromatic heterocycles. The first-order valence-corrected chi connectivity index (χ1v) is 6.23. The van der Waals surface area contributed by atoms with E-state index in [0.29, 0.717) is 30.4 Å². The van der Waals surface area contributed by atoms with Crippen LogP contribution in [-0.4, -0.2) is 15.7 Å². The van der Waals surface area contributed by atoms with Crippen LogP contribution in [0.5, 0.6) is 0 Å². The van der Waals surface area contributed by atoms with Crippen molar-refractivity contribution in [3.8, 4) is 0 Å². The van der Waals surface area contributed by atoms with Gasteiger partial charge >= 0.3 is 0 Å². The van der Waals surface area contributed by atoms with E-state index >= 15 is 0 Å². The first-order valence-electron chi connectivity index (χ1n) is 6.23. The molecule has 0 bridgehead atoms. The van der Waals surface area contributed by atoms with Gasteiger partial charge in [0.2, 0.25) is 5.89 Å². The molecule has 5 heteroatoms. The van der Waals surface area contributed by atoms with Gasteiger partial charge in [-0.3, -0.25) is 5.41 Å². The number of nitrogens with one attached hydrogen (secondary N) is 1. The van der Waals surface area contributed by atoms with E-state index in [9.17, 15) is 4.39 Å². The van der Waals surface area contributed by atoms with Gasteiger partial charge in [0.25, 0.3) is 0 Å². The summed E-state index contributed by atoms with van der Waals surface area (Å²) in [6.07, 6.45) is 2.51. The van der Waals surface area contributed by atoms with Crippen LogP contribution in [0.25, 0.3) is 0 Å². The molecule has 2 heterocycles. The molecule has 3 rings (SSSR count). The van der Waals surface area contributed by atoms with E-state index in [1.165, 1.54) is 12.1 Å².